The average Bonchev–Trinajstić information content (AvgIpc) is 2.85. The number of hydrogen-bond acceptors (Lipinski definition) is 6. The third kappa shape index (κ3) is 5.42. The van der Waals surface area contributed by atoms with E-state index in [9.17, 15) is 14.0 Å². The molecule has 0 spiro atoms. The molecule has 0 bridgehead atoms. The lowest BCUT2D eigenvalue weighted by molar-refractivity contribution is -0.0306. The van der Waals surface area contributed by atoms with Crippen LogP contribution in [0.4, 0.5) is 10.1 Å². The molecule has 0 saturated carbocycles. The van der Waals surface area contributed by atoms with Crippen LogP contribution in [0.5, 0.6) is 0 Å². The Hall–Kier alpha value is -3.62. The van der Waals surface area contributed by atoms with Crippen molar-refractivity contribution in [1.82, 2.24) is 4.98 Å². The van der Waals surface area contributed by atoms with Gasteiger partial charge < -0.3 is 20.5 Å². The van der Waals surface area contributed by atoms with Gasteiger partial charge in [0.05, 0.1) is 24.1 Å². The Bertz CT molecular complexity index is 1160. The normalized spacial score (nSPS) is 15.6. The number of rotatable bonds is 6. The van der Waals surface area contributed by atoms with E-state index in [2.05, 4.69) is 10.3 Å². The molecule has 0 radical (unpaired) electrons. The van der Waals surface area contributed by atoms with E-state index >= 15 is 0 Å². The predicted octanol–water partition coefficient (Wildman–Crippen LogP) is 3.93. The minimum absolute atomic E-state index is 0.0379. The quantitative estimate of drug-likeness (QED) is 0.553. The van der Waals surface area contributed by atoms with Crippen LogP contribution in [-0.2, 0) is 16.0 Å². The van der Waals surface area contributed by atoms with Gasteiger partial charge in [-0.15, -0.1) is 0 Å². The maximum Gasteiger partial charge on any atom is 0.338 e. The lowest BCUT2D eigenvalue weighted by Gasteiger charge is -2.22. The Morgan fingerprint density at radius 3 is 2.82 bits per heavy atom. The number of carbonyl (C=O) groups excluding carboxylic acids is 2. The topological polar surface area (TPSA) is 104 Å². The first kappa shape index (κ1) is 22.6. The number of pyridine rings is 1. The molecule has 4 rings (SSSR count). The number of amides is 1. The van der Waals surface area contributed by atoms with E-state index in [1.54, 1.807) is 36.4 Å². The molecule has 33 heavy (non-hydrogen) atoms. The molecule has 2 heterocycles. The van der Waals surface area contributed by atoms with Gasteiger partial charge in [0, 0.05) is 24.9 Å². The Morgan fingerprint density at radius 2 is 2.06 bits per heavy atom. The van der Waals surface area contributed by atoms with E-state index in [1.807, 2.05) is 6.07 Å². The predicted molar refractivity (Wildman–Crippen MR) is 121 cm³/mol. The molecule has 8 heteroatoms. The van der Waals surface area contributed by atoms with Crippen LogP contribution < -0.4 is 11.1 Å². The van der Waals surface area contributed by atoms with Gasteiger partial charge >= 0.3 is 5.97 Å². The standard InChI is InChI=1S/C25H24FN3O4/c26-22-14-28-9-8-23(22)29-24(30)17-6-7-19(13-27)21(12-17)16-3-1-4-18(11-16)25(31)33-20-5-2-10-32-15-20/h1,3-4,6-9,11-12,14,20H,2,5,10,13,15,27H2,(H,28,29,30). The highest BCUT2D eigenvalue weighted by Gasteiger charge is 2.20. The van der Waals surface area contributed by atoms with Gasteiger partial charge in [0.25, 0.3) is 5.91 Å². The van der Waals surface area contributed by atoms with E-state index in [0.29, 0.717) is 29.9 Å². The molecule has 1 saturated heterocycles. The molecule has 1 amide bonds. The molecule has 1 atom stereocenters. The molecule has 1 fully saturated rings. The largest absolute Gasteiger partial charge is 0.456 e. The van der Waals surface area contributed by atoms with Crippen molar-refractivity contribution in [1.29, 1.82) is 0 Å². The minimum Gasteiger partial charge on any atom is -0.456 e. The SMILES string of the molecule is NCc1ccc(C(=O)Nc2ccncc2F)cc1-c1cccc(C(=O)OC2CCCOC2)c1. The monoisotopic (exact) mass is 449 g/mol. The summed E-state index contributed by atoms with van der Waals surface area (Å²) in [6.45, 7) is 1.32. The van der Waals surface area contributed by atoms with Gasteiger partial charge in [-0.05, 0) is 59.9 Å². The van der Waals surface area contributed by atoms with Crippen molar-refractivity contribution in [2.45, 2.75) is 25.5 Å². The molecule has 3 aromatic rings. The minimum atomic E-state index is -0.626. The van der Waals surface area contributed by atoms with Crippen LogP contribution in [-0.4, -0.2) is 36.2 Å². The van der Waals surface area contributed by atoms with Crippen molar-refractivity contribution in [2.75, 3.05) is 18.5 Å². The first-order chi connectivity index (χ1) is 16.0. The molecule has 1 aromatic heterocycles. The number of ether oxygens (including phenoxy) is 2. The maximum atomic E-state index is 13.9. The van der Waals surface area contributed by atoms with E-state index < -0.39 is 17.7 Å². The zero-order valence-corrected chi connectivity index (χ0v) is 17.9. The van der Waals surface area contributed by atoms with Gasteiger partial charge in [-0.1, -0.05) is 18.2 Å². The number of nitrogens with zero attached hydrogens (tertiary/aromatic N) is 1. The number of halogens is 1. The van der Waals surface area contributed by atoms with Crippen molar-refractivity contribution < 1.29 is 23.5 Å². The lowest BCUT2D eigenvalue weighted by atomic mass is 9.95. The highest BCUT2D eigenvalue weighted by atomic mass is 19.1. The Balaban J connectivity index is 1.59. The third-order valence-electron chi connectivity index (χ3n) is 5.41. The number of esters is 1. The maximum absolute atomic E-state index is 13.9. The van der Waals surface area contributed by atoms with Crippen LogP contribution in [0.3, 0.4) is 0 Å². The summed E-state index contributed by atoms with van der Waals surface area (Å²) in [5, 5.41) is 2.55. The molecule has 0 aliphatic carbocycles. The molecule has 3 N–H and O–H groups in total. The second-order valence-electron chi connectivity index (χ2n) is 7.71. The van der Waals surface area contributed by atoms with Crippen molar-refractivity contribution >= 4 is 17.6 Å². The molecule has 1 unspecified atom stereocenters. The van der Waals surface area contributed by atoms with Crippen molar-refractivity contribution in [3.8, 4) is 11.1 Å². The molecule has 170 valence electrons. The van der Waals surface area contributed by atoms with Crippen molar-refractivity contribution in [2.24, 2.45) is 5.73 Å². The molecule has 2 aromatic carbocycles. The van der Waals surface area contributed by atoms with E-state index in [1.165, 1.54) is 12.3 Å². The van der Waals surface area contributed by atoms with Gasteiger partial charge in [0.2, 0.25) is 0 Å². The highest BCUT2D eigenvalue weighted by molar-refractivity contribution is 6.05. The zero-order chi connectivity index (χ0) is 23.2. The first-order valence-electron chi connectivity index (χ1n) is 10.7. The smallest absolute Gasteiger partial charge is 0.338 e. The Morgan fingerprint density at radius 1 is 1.18 bits per heavy atom. The van der Waals surface area contributed by atoms with E-state index in [-0.39, 0.29) is 18.3 Å². The van der Waals surface area contributed by atoms with Gasteiger partial charge in [-0.3, -0.25) is 9.78 Å². The van der Waals surface area contributed by atoms with Crippen LogP contribution in [0, 0.1) is 5.82 Å². The second-order valence-corrected chi connectivity index (χ2v) is 7.71. The molecular formula is C25H24FN3O4. The summed E-state index contributed by atoms with van der Waals surface area (Å²) in [6, 6.07) is 13.4. The second kappa shape index (κ2) is 10.3. The number of nitrogens with one attached hydrogen (secondary N) is 1. The number of carbonyl (C=O) groups is 2. The van der Waals surface area contributed by atoms with Gasteiger partial charge in [0.15, 0.2) is 5.82 Å². The Kier molecular flexibility index (Phi) is 7.07. The number of benzene rings is 2. The summed E-state index contributed by atoms with van der Waals surface area (Å²) in [5.41, 5.74) is 8.90. The number of nitrogens with two attached hydrogens (primary N) is 1. The Labute approximate surface area is 190 Å². The average molecular weight is 449 g/mol. The van der Waals surface area contributed by atoms with Crippen molar-refractivity contribution in [3.63, 3.8) is 0 Å². The summed E-state index contributed by atoms with van der Waals surface area (Å²) in [6.07, 6.45) is 3.80. The number of aromatic nitrogens is 1. The summed E-state index contributed by atoms with van der Waals surface area (Å²) < 4.78 is 24.8. The van der Waals surface area contributed by atoms with Crippen LogP contribution in [0.15, 0.2) is 60.9 Å². The van der Waals surface area contributed by atoms with Gasteiger partial charge in [-0.25, -0.2) is 9.18 Å². The van der Waals surface area contributed by atoms with Crippen molar-refractivity contribution in [3.05, 3.63) is 83.4 Å². The molecule has 1 aliphatic rings. The van der Waals surface area contributed by atoms with Gasteiger partial charge in [0.1, 0.15) is 6.10 Å². The van der Waals surface area contributed by atoms with Gasteiger partial charge in [-0.2, -0.15) is 0 Å². The third-order valence-corrected chi connectivity index (χ3v) is 5.41. The fraction of sp³-hybridized carbons (Fsp3) is 0.240. The van der Waals surface area contributed by atoms with Crippen LogP contribution in [0.2, 0.25) is 0 Å². The van der Waals surface area contributed by atoms with Crippen LogP contribution in [0.1, 0.15) is 39.1 Å². The van der Waals surface area contributed by atoms with E-state index in [4.69, 9.17) is 15.2 Å². The van der Waals surface area contributed by atoms with Crippen LogP contribution in [0.25, 0.3) is 11.1 Å². The summed E-state index contributed by atoms with van der Waals surface area (Å²) in [5.74, 6) is -1.53. The first-order valence-corrected chi connectivity index (χ1v) is 10.7. The highest BCUT2D eigenvalue weighted by Crippen LogP contribution is 2.27. The lowest BCUT2D eigenvalue weighted by Crippen LogP contribution is -2.28. The molecular weight excluding hydrogens is 425 g/mol. The van der Waals surface area contributed by atoms with E-state index in [0.717, 1.165) is 30.2 Å². The number of anilines is 1. The summed E-state index contributed by atoms with van der Waals surface area (Å²) >= 11 is 0. The zero-order valence-electron chi connectivity index (χ0n) is 17.9. The fourth-order valence-corrected chi connectivity index (χ4v) is 3.67. The fourth-order valence-electron chi connectivity index (χ4n) is 3.67. The molecule has 7 nitrogen and oxygen atoms in total. The summed E-state index contributed by atoms with van der Waals surface area (Å²) in [4.78, 5) is 29.1. The summed E-state index contributed by atoms with van der Waals surface area (Å²) in [7, 11) is 0. The van der Waals surface area contributed by atoms with Crippen LogP contribution >= 0.6 is 0 Å². The molecule has 1 aliphatic heterocycles. The number of hydrogen-bond donors (Lipinski definition) is 2.